The number of rotatable bonds is 1. The first kappa shape index (κ1) is 10.1. The molecule has 1 aliphatic heterocycles. The molecule has 0 fully saturated rings. The molecule has 0 radical (unpaired) electrons. The van der Waals surface area contributed by atoms with E-state index in [1.54, 1.807) is 0 Å². The van der Waals surface area contributed by atoms with Gasteiger partial charge in [-0.1, -0.05) is 40.2 Å². The van der Waals surface area contributed by atoms with Crippen molar-refractivity contribution in [2.24, 2.45) is 0 Å². The van der Waals surface area contributed by atoms with E-state index >= 15 is 0 Å². The lowest BCUT2D eigenvalue weighted by molar-refractivity contribution is 0.765. The van der Waals surface area contributed by atoms with Crippen LogP contribution >= 0.6 is 15.9 Å². The highest BCUT2D eigenvalue weighted by atomic mass is 79.9. The highest BCUT2D eigenvalue weighted by Crippen LogP contribution is 2.26. The summed E-state index contributed by atoms with van der Waals surface area (Å²) in [6, 6.07) is 15.2. The van der Waals surface area contributed by atoms with Crippen LogP contribution in [0.5, 0.6) is 0 Å². The lowest BCUT2D eigenvalue weighted by Crippen LogP contribution is -1.99. The van der Waals surface area contributed by atoms with Crippen molar-refractivity contribution < 1.29 is 0 Å². The molecule has 0 saturated heterocycles. The van der Waals surface area contributed by atoms with E-state index in [-0.39, 0.29) is 0 Å². The molecule has 1 aliphatic rings. The van der Waals surface area contributed by atoms with Crippen LogP contribution in [0.1, 0.15) is 11.1 Å². The first-order valence-corrected chi connectivity index (χ1v) is 6.21. The molecule has 0 amide bonds. The number of halogens is 1. The summed E-state index contributed by atoms with van der Waals surface area (Å²) in [6.45, 7) is 2.01. The van der Waals surface area contributed by atoms with Gasteiger partial charge in [0.05, 0.1) is 0 Å². The number of hydrogen-bond donors (Lipinski definition) is 1. The fourth-order valence-corrected chi connectivity index (χ4v) is 2.38. The first-order chi connectivity index (χ1) is 7.83. The molecule has 80 valence electrons. The van der Waals surface area contributed by atoms with E-state index in [4.69, 9.17) is 0 Å². The van der Waals surface area contributed by atoms with E-state index < -0.39 is 0 Å². The van der Waals surface area contributed by atoms with E-state index in [2.05, 4.69) is 63.7 Å². The number of nitrogens with one attached hydrogen (secondary N) is 1. The molecular formula is C14H12BrN. The average molecular weight is 274 g/mol. The van der Waals surface area contributed by atoms with Crippen molar-refractivity contribution in [1.29, 1.82) is 0 Å². The van der Waals surface area contributed by atoms with Crippen molar-refractivity contribution in [3.63, 3.8) is 0 Å². The molecule has 16 heavy (non-hydrogen) atoms. The molecule has 1 N–H and O–H groups in total. The van der Waals surface area contributed by atoms with Gasteiger partial charge >= 0.3 is 0 Å². The van der Waals surface area contributed by atoms with Gasteiger partial charge in [0.1, 0.15) is 0 Å². The molecule has 2 aromatic carbocycles. The molecule has 0 aromatic heterocycles. The molecule has 0 unspecified atom stereocenters. The Labute approximate surface area is 104 Å². The topological polar surface area (TPSA) is 12.0 Å². The summed E-state index contributed by atoms with van der Waals surface area (Å²) in [4.78, 5) is 0. The lowest BCUT2D eigenvalue weighted by atomic mass is 10.0. The monoisotopic (exact) mass is 273 g/mol. The summed E-state index contributed by atoms with van der Waals surface area (Å²) < 4.78 is 1.12. The zero-order valence-corrected chi connectivity index (χ0v) is 10.4. The fraction of sp³-hybridized carbons (Fsp3) is 0.143. The Morgan fingerprint density at radius 3 is 2.31 bits per heavy atom. The normalized spacial score (nSPS) is 13.8. The molecular weight excluding hydrogens is 262 g/mol. The maximum absolute atomic E-state index is 3.46. The Balaban J connectivity index is 2.03. The third-order valence-electron chi connectivity index (χ3n) is 3.01. The van der Waals surface area contributed by atoms with Crippen molar-refractivity contribution >= 4 is 15.9 Å². The second kappa shape index (κ2) is 4.04. The molecule has 2 heteroatoms. The van der Waals surface area contributed by atoms with E-state index in [0.29, 0.717) is 0 Å². The fourth-order valence-electron chi connectivity index (χ4n) is 2.12. The van der Waals surface area contributed by atoms with Crippen LogP contribution in [0.2, 0.25) is 0 Å². The molecule has 0 atom stereocenters. The number of hydrogen-bond acceptors (Lipinski definition) is 1. The van der Waals surface area contributed by atoms with Gasteiger partial charge in [-0.3, -0.25) is 0 Å². The van der Waals surface area contributed by atoms with E-state index in [1.165, 1.54) is 22.3 Å². The van der Waals surface area contributed by atoms with Crippen molar-refractivity contribution in [2.75, 3.05) is 0 Å². The second-order valence-corrected chi connectivity index (χ2v) is 5.01. The van der Waals surface area contributed by atoms with Crippen molar-refractivity contribution in [1.82, 2.24) is 5.32 Å². The Morgan fingerprint density at radius 1 is 0.812 bits per heavy atom. The predicted octanol–water partition coefficient (Wildman–Crippen LogP) is 3.72. The summed E-state index contributed by atoms with van der Waals surface area (Å²) in [7, 11) is 0. The van der Waals surface area contributed by atoms with E-state index in [1.807, 2.05) is 0 Å². The van der Waals surface area contributed by atoms with Gasteiger partial charge in [-0.25, -0.2) is 0 Å². The van der Waals surface area contributed by atoms with Gasteiger partial charge in [0.2, 0.25) is 0 Å². The van der Waals surface area contributed by atoms with Crippen LogP contribution in [0.4, 0.5) is 0 Å². The average Bonchev–Trinajstić information content (AvgIpc) is 2.77. The molecule has 0 saturated carbocycles. The van der Waals surface area contributed by atoms with Crippen LogP contribution in [-0.4, -0.2) is 0 Å². The largest absolute Gasteiger partial charge is 0.309 e. The summed E-state index contributed by atoms with van der Waals surface area (Å²) in [6.07, 6.45) is 0. The number of fused-ring (bicyclic) bond motifs is 1. The lowest BCUT2D eigenvalue weighted by Gasteiger charge is -2.04. The molecule has 1 nitrogen and oxygen atoms in total. The predicted molar refractivity (Wildman–Crippen MR) is 70.1 cm³/mol. The Bertz CT molecular complexity index is 517. The minimum Gasteiger partial charge on any atom is -0.309 e. The maximum atomic E-state index is 3.46. The smallest absolute Gasteiger partial charge is 0.0212 e. The summed E-state index contributed by atoms with van der Waals surface area (Å²) in [5, 5.41) is 3.37. The summed E-state index contributed by atoms with van der Waals surface area (Å²) >= 11 is 3.46. The van der Waals surface area contributed by atoms with Crippen LogP contribution < -0.4 is 5.32 Å². The number of benzene rings is 2. The molecule has 2 aromatic rings. The molecule has 1 heterocycles. The Hall–Kier alpha value is -1.12. The van der Waals surface area contributed by atoms with Crippen molar-refractivity contribution in [3.05, 3.63) is 58.1 Å². The second-order valence-electron chi connectivity index (χ2n) is 4.09. The highest BCUT2D eigenvalue weighted by molar-refractivity contribution is 9.10. The van der Waals surface area contributed by atoms with Gasteiger partial charge in [0.15, 0.2) is 0 Å². The first-order valence-electron chi connectivity index (χ1n) is 5.41. The summed E-state index contributed by atoms with van der Waals surface area (Å²) in [5.74, 6) is 0. The molecule has 0 aliphatic carbocycles. The molecule has 0 spiro atoms. The van der Waals surface area contributed by atoms with Gasteiger partial charge < -0.3 is 5.32 Å². The van der Waals surface area contributed by atoms with Crippen molar-refractivity contribution in [3.8, 4) is 11.1 Å². The molecule has 3 rings (SSSR count). The van der Waals surface area contributed by atoms with Gasteiger partial charge in [0.25, 0.3) is 0 Å². The molecule has 0 bridgehead atoms. The van der Waals surface area contributed by atoms with Gasteiger partial charge in [-0.15, -0.1) is 0 Å². The van der Waals surface area contributed by atoms with Crippen LogP contribution in [0.15, 0.2) is 46.9 Å². The maximum Gasteiger partial charge on any atom is 0.0212 e. The minimum absolute atomic E-state index is 1.000. The van der Waals surface area contributed by atoms with Crippen molar-refractivity contribution in [2.45, 2.75) is 13.1 Å². The minimum atomic E-state index is 1.000. The Kier molecular flexibility index (Phi) is 2.54. The van der Waals surface area contributed by atoms with Crippen LogP contribution in [0.25, 0.3) is 11.1 Å². The van der Waals surface area contributed by atoms with Crippen LogP contribution in [0.3, 0.4) is 0 Å². The van der Waals surface area contributed by atoms with Gasteiger partial charge in [-0.05, 0) is 40.5 Å². The SMILES string of the molecule is Brc1ccc(-c2ccc3c(c2)CNC3)cc1. The Morgan fingerprint density at radius 2 is 1.50 bits per heavy atom. The van der Waals surface area contributed by atoms with Gasteiger partial charge in [0, 0.05) is 17.6 Å². The van der Waals surface area contributed by atoms with Crippen LogP contribution in [-0.2, 0) is 13.1 Å². The van der Waals surface area contributed by atoms with E-state index in [0.717, 1.165) is 17.6 Å². The zero-order chi connectivity index (χ0) is 11.0. The van der Waals surface area contributed by atoms with E-state index in [9.17, 15) is 0 Å². The third kappa shape index (κ3) is 1.79. The highest BCUT2D eigenvalue weighted by Gasteiger charge is 2.10. The zero-order valence-electron chi connectivity index (χ0n) is 8.83. The third-order valence-corrected chi connectivity index (χ3v) is 3.54. The quantitative estimate of drug-likeness (QED) is 0.835. The van der Waals surface area contributed by atoms with Gasteiger partial charge in [-0.2, -0.15) is 0 Å². The standard InChI is InChI=1S/C14H12BrN/c15-14-5-3-10(4-6-14)11-1-2-12-8-16-9-13(12)7-11/h1-7,16H,8-9H2. The summed E-state index contributed by atoms with van der Waals surface area (Å²) in [5.41, 5.74) is 5.44. The van der Waals surface area contributed by atoms with Crippen LogP contribution in [0, 0.1) is 0 Å².